The molecule has 2 aromatic rings. The molecule has 0 fully saturated rings. The average molecular weight is 236 g/mol. The number of aromatic nitrogens is 1. The summed E-state index contributed by atoms with van der Waals surface area (Å²) in [7, 11) is 0. The summed E-state index contributed by atoms with van der Waals surface area (Å²) in [6.07, 6.45) is 2.54. The van der Waals surface area contributed by atoms with Crippen LogP contribution in [0, 0.1) is 12.7 Å². The number of aryl methyl sites for hydroxylation is 1. The molecule has 2 nitrogen and oxygen atoms in total. The molecule has 84 valence electrons. The van der Waals surface area contributed by atoms with Crippen LogP contribution in [0.5, 0.6) is 0 Å². The molecule has 16 heavy (non-hydrogen) atoms. The van der Waals surface area contributed by atoms with Crippen molar-refractivity contribution < 1.29 is 4.39 Å². The molecule has 0 bridgehead atoms. The van der Waals surface area contributed by atoms with Gasteiger partial charge >= 0.3 is 0 Å². The topological polar surface area (TPSA) is 38.9 Å². The van der Waals surface area contributed by atoms with Crippen LogP contribution in [0.1, 0.15) is 21.5 Å². The van der Waals surface area contributed by atoms with Gasteiger partial charge in [-0.3, -0.25) is 0 Å². The Kier molecular flexibility index (Phi) is 3.31. The van der Waals surface area contributed by atoms with Crippen molar-refractivity contribution in [2.75, 3.05) is 0 Å². The Morgan fingerprint density at radius 2 is 2.06 bits per heavy atom. The number of rotatable bonds is 3. The third-order valence-electron chi connectivity index (χ3n) is 2.36. The first-order valence-corrected chi connectivity index (χ1v) is 5.89. The van der Waals surface area contributed by atoms with Gasteiger partial charge in [0.15, 0.2) is 0 Å². The summed E-state index contributed by atoms with van der Waals surface area (Å²) in [6.45, 7) is 2.02. The van der Waals surface area contributed by atoms with Gasteiger partial charge in [0.1, 0.15) is 5.82 Å². The van der Waals surface area contributed by atoms with Crippen LogP contribution in [0.3, 0.4) is 0 Å². The van der Waals surface area contributed by atoms with E-state index < -0.39 is 0 Å². The number of halogens is 1. The molecule has 0 spiro atoms. The summed E-state index contributed by atoms with van der Waals surface area (Å²) in [4.78, 5) is 5.45. The second kappa shape index (κ2) is 4.72. The second-order valence-electron chi connectivity index (χ2n) is 3.73. The van der Waals surface area contributed by atoms with Crippen molar-refractivity contribution in [1.29, 1.82) is 0 Å². The van der Waals surface area contributed by atoms with Gasteiger partial charge in [0.25, 0.3) is 0 Å². The summed E-state index contributed by atoms with van der Waals surface area (Å²) < 4.78 is 12.7. The first-order valence-electron chi connectivity index (χ1n) is 5.07. The smallest absolute Gasteiger partial charge is 0.123 e. The van der Waals surface area contributed by atoms with Gasteiger partial charge in [0.2, 0.25) is 0 Å². The van der Waals surface area contributed by atoms with E-state index in [2.05, 4.69) is 4.98 Å². The standard InChI is InChI=1S/C12H13FN2S/c1-8-7-15-12(16-8)6-11(14)9-2-4-10(13)5-3-9/h2-5,7,11H,6,14H2,1H3. The Balaban J connectivity index is 2.08. The molecule has 1 aromatic carbocycles. The largest absolute Gasteiger partial charge is 0.324 e. The number of nitrogens with two attached hydrogens (primary N) is 1. The highest BCUT2D eigenvalue weighted by Crippen LogP contribution is 2.19. The zero-order valence-corrected chi connectivity index (χ0v) is 9.80. The summed E-state index contributed by atoms with van der Waals surface area (Å²) in [5, 5.41) is 1.02. The predicted octanol–water partition coefficient (Wildman–Crippen LogP) is 2.83. The lowest BCUT2D eigenvalue weighted by atomic mass is 10.1. The van der Waals surface area contributed by atoms with Crippen LogP contribution in [0.25, 0.3) is 0 Å². The quantitative estimate of drug-likeness (QED) is 0.890. The van der Waals surface area contributed by atoms with E-state index in [0.29, 0.717) is 6.42 Å². The number of hydrogen-bond acceptors (Lipinski definition) is 3. The summed E-state index contributed by atoms with van der Waals surface area (Å²) >= 11 is 1.65. The highest BCUT2D eigenvalue weighted by Gasteiger charge is 2.09. The molecule has 0 saturated carbocycles. The first-order chi connectivity index (χ1) is 7.65. The molecule has 2 N–H and O–H groups in total. The van der Waals surface area contributed by atoms with Crippen LogP contribution in [0.2, 0.25) is 0 Å². The van der Waals surface area contributed by atoms with Gasteiger partial charge in [-0.25, -0.2) is 9.37 Å². The van der Waals surface area contributed by atoms with Crippen LogP contribution in [-0.2, 0) is 6.42 Å². The molecule has 1 heterocycles. The Morgan fingerprint density at radius 3 is 2.62 bits per heavy atom. The van der Waals surface area contributed by atoms with E-state index >= 15 is 0 Å². The molecule has 0 radical (unpaired) electrons. The van der Waals surface area contributed by atoms with Gasteiger partial charge in [-0.2, -0.15) is 0 Å². The highest BCUT2D eigenvalue weighted by molar-refractivity contribution is 7.11. The van der Waals surface area contributed by atoms with Crippen molar-refractivity contribution in [3.63, 3.8) is 0 Å². The van der Waals surface area contributed by atoms with Gasteiger partial charge in [-0.05, 0) is 24.6 Å². The van der Waals surface area contributed by atoms with E-state index in [1.165, 1.54) is 17.0 Å². The second-order valence-corrected chi connectivity index (χ2v) is 5.05. The van der Waals surface area contributed by atoms with Crippen molar-refractivity contribution in [2.45, 2.75) is 19.4 Å². The predicted molar refractivity (Wildman–Crippen MR) is 63.9 cm³/mol. The molecule has 0 amide bonds. The molecule has 0 aliphatic rings. The van der Waals surface area contributed by atoms with Gasteiger partial charge in [-0.15, -0.1) is 11.3 Å². The van der Waals surface area contributed by atoms with E-state index in [1.807, 2.05) is 13.1 Å². The summed E-state index contributed by atoms with van der Waals surface area (Å²) in [6, 6.07) is 6.19. The maximum Gasteiger partial charge on any atom is 0.123 e. The Labute approximate surface area is 97.9 Å². The third-order valence-corrected chi connectivity index (χ3v) is 3.30. The molecular formula is C12H13FN2S. The average Bonchev–Trinajstić information content (AvgIpc) is 2.65. The Hall–Kier alpha value is -1.26. The molecule has 2 rings (SSSR count). The van der Waals surface area contributed by atoms with Gasteiger partial charge < -0.3 is 5.73 Å². The lowest BCUT2D eigenvalue weighted by molar-refractivity contribution is 0.624. The number of hydrogen-bond donors (Lipinski definition) is 1. The summed E-state index contributed by atoms with van der Waals surface area (Å²) in [5.41, 5.74) is 6.97. The number of nitrogens with zero attached hydrogens (tertiary/aromatic N) is 1. The molecule has 0 aliphatic carbocycles. The van der Waals surface area contributed by atoms with Crippen molar-refractivity contribution in [1.82, 2.24) is 4.98 Å². The maximum absolute atomic E-state index is 12.7. The number of thiazole rings is 1. The maximum atomic E-state index is 12.7. The lowest BCUT2D eigenvalue weighted by Gasteiger charge is -2.09. The number of benzene rings is 1. The zero-order chi connectivity index (χ0) is 11.5. The molecular weight excluding hydrogens is 223 g/mol. The van der Waals surface area contributed by atoms with Crippen LogP contribution >= 0.6 is 11.3 Å². The van der Waals surface area contributed by atoms with Gasteiger partial charge in [-0.1, -0.05) is 12.1 Å². The van der Waals surface area contributed by atoms with E-state index in [0.717, 1.165) is 10.6 Å². The van der Waals surface area contributed by atoms with E-state index in [9.17, 15) is 4.39 Å². The van der Waals surface area contributed by atoms with E-state index in [-0.39, 0.29) is 11.9 Å². The Bertz CT molecular complexity index is 464. The minimum atomic E-state index is -0.235. The van der Waals surface area contributed by atoms with E-state index in [1.54, 1.807) is 23.5 Å². The zero-order valence-electron chi connectivity index (χ0n) is 8.98. The first kappa shape index (κ1) is 11.2. The summed E-state index contributed by atoms with van der Waals surface area (Å²) in [5.74, 6) is -0.235. The molecule has 4 heteroatoms. The monoisotopic (exact) mass is 236 g/mol. The molecule has 0 aliphatic heterocycles. The van der Waals surface area contributed by atoms with Crippen LogP contribution in [0.15, 0.2) is 30.5 Å². The molecule has 0 saturated heterocycles. The van der Waals surface area contributed by atoms with Gasteiger partial charge in [0.05, 0.1) is 5.01 Å². The molecule has 1 aromatic heterocycles. The van der Waals surface area contributed by atoms with E-state index in [4.69, 9.17) is 5.73 Å². The normalized spacial score (nSPS) is 12.7. The van der Waals surface area contributed by atoms with Crippen molar-refractivity contribution >= 4 is 11.3 Å². The molecule has 1 atom stereocenters. The van der Waals surface area contributed by atoms with Crippen LogP contribution in [0.4, 0.5) is 4.39 Å². The lowest BCUT2D eigenvalue weighted by Crippen LogP contribution is -2.13. The highest BCUT2D eigenvalue weighted by atomic mass is 32.1. The Morgan fingerprint density at radius 1 is 1.38 bits per heavy atom. The fraction of sp³-hybridized carbons (Fsp3) is 0.250. The van der Waals surface area contributed by atoms with Crippen LogP contribution in [-0.4, -0.2) is 4.98 Å². The molecule has 1 unspecified atom stereocenters. The minimum absolute atomic E-state index is 0.119. The van der Waals surface area contributed by atoms with Crippen molar-refractivity contribution in [3.05, 3.63) is 51.7 Å². The fourth-order valence-electron chi connectivity index (χ4n) is 1.51. The minimum Gasteiger partial charge on any atom is -0.324 e. The van der Waals surface area contributed by atoms with Crippen molar-refractivity contribution in [2.24, 2.45) is 5.73 Å². The van der Waals surface area contributed by atoms with Crippen molar-refractivity contribution in [3.8, 4) is 0 Å². The van der Waals surface area contributed by atoms with Gasteiger partial charge in [0, 0.05) is 23.5 Å². The fourth-order valence-corrected chi connectivity index (χ4v) is 2.36. The SMILES string of the molecule is Cc1cnc(CC(N)c2ccc(F)cc2)s1. The third kappa shape index (κ3) is 2.65. The van der Waals surface area contributed by atoms with Crippen LogP contribution < -0.4 is 5.73 Å².